The highest BCUT2D eigenvalue weighted by Gasteiger charge is 1.95. The van der Waals surface area contributed by atoms with E-state index in [0.29, 0.717) is 5.57 Å². The van der Waals surface area contributed by atoms with Gasteiger partial charge >= 0.3 is 0 Å². The molecule has 0 aromatic rings. The first-order chi connectivity index (χ1) is 7.97. The first-order valence-electron chi connectivity index (χ1n) is 5.76. The second-order valence-corrected chi connectivity index (χ2v) is 2.62. The molecule has 0 saturated carbocycles. The molecule has 98 valence electrons. The van der Waals surface area contributed by atoms with Gasteiger partial charge in [0.05, 0.1) is 0 Å². The molecule has 2 N–H and O–H groups in total. The molecule has 0 aliphatic heterocycles. The van der Waals surface area contributed by atoms with Gasteiger partial charge in [0.25, 0.3) is 0 Å². The SMILES string of the molecule is C=C/C(O)=C\C(=C)/C(C)=C\C(=C)O.CC.CC. The molecule has 2 heteroatoms. The number of hydrogen-bond donors (Lipinski definition) is 2. The van der Waals surface area contributed by atoms with Crippen LogP contribution in [0.4, 0.5) is 0 Å². The lowest BCUT2D eigenvalue weighted by molar-refractivity contribution is 0.431. The van der Waals surface area contributed by atoms with Crippen molar-refractivity contribution in [3.8, 4) is 0 Å². The Balaban J connectivity index is -0.000000439. The molecule has 0 saturated heterocycles. The third-order valence-corrected chi connectivity index (χ3v) is 1.42. The second-order valence-electron chi connectivity index (χ2n) is 2.62. The van der Waals surface area contributed by atoms with Gasteiger partial charge in [0.1, 0.15) is 11.5 Å². The molecule has 0 aliphatic carbocycles. The summed E-state index contributed by atoms with van der Waals surface area (Å²) in [5.41, 5.74) is 1.34. The fraction of sp³-hybridized carbons (Fsp3) is 0.333. The maximum absolute atomic E-state index is 9.08. The largest absolute Gasteiger partial charge is 0.509 e. The lowest BCUT2D eigenvalue weighted by Gasteiger charge is -2.00. The van der Waals surface area contributed by atoms with Crippen molar-refractivity contribution in [2.45, 2.75) is 34.6 Å². The quantitative estimate of drug-likeness (QED) is 0.519. The van der Waals surface area contributed by atoms with E-state index < -0.39 is 0 Å². The van der Waals surface area contributed by atoms with Gasteiger partial charge in [-0.15, -0.1) is 0 Å². The van der Waals surface area contributed by atoms with E-state index in [4.69, 9.17) is 10.2 Å². The highest BCUT2D eigenvalue weighted by molar-refractivity contribution is 5.40. The van der Waals surface area contributed by atoms with E-state index >= 15 is 0 Å². The minimum Gasteiger partial charge on any atom is -0.509 e. The first kappa shape index (κ1) is 20.7. The van der Waals surface area contributed by atoms with Gasteiger partial charge in [-0.05, 0) is 36.3 Å². The molecule has 0 unspecified atom stereocenters. The number of rotatable bonds is 4. The minimum atomic E-state index is -0.0369. The zero-order valence-corrected chi connectivity index (χ0v) is 11.7. The molecular weight excluding hydrogens is 212 g/mol. The van der Waals surface area contributed by atoms with Gasteiger partial charge in [0.2, 0.25) is 0 Å². The second kappa shape index (κ2) is 14.3. The van der Waals surface area contributed by atoms with E-state index in [1.165, 1.54) is 18.2 Å². The summed E-state index contributed by atoms with van der Waals surface area (Å²) in [6, 6.07) is 0. The summed E-state index contributed by atoms with van der Waals surface area (Å²) in [6.45, 7) is 20.2. The van der Waals surface area contributed by atoms with Crippen LogP contribution in [0.2, 0.25) is 0 Å². The van der Waals surface area contributed by atoms with Crippen molar-refractivity contribution < 1.29 is 10.2 Å². The van der Waals surface area contributed by atoms with E-state index in [9.17, 15) is 0 Å². The Kier molecular flexibility index (Phi) is 17.4. The van der Waals surface area contributed by atoms with E-state index in [-0.39, 0.29) is 11.5 Å². The summed E-state index contributed by atoms with van der Waals surface area (Å²) < 4.78 is 0. The van der Waals surface area contributed by atoms with Gasteiger partial charge < -0.3 is 10.2 Å². The van der Waals surface area contributed by atoms with Crippen molar-refractivity contribution in [2.75, 3.05) is 0 Å². The minimum absolute atomic E-state index is 0.0369. The summed E-state index contributed by atoms with van der Waals surface area (Å²) >= 11 is 0. The van der Waals surface area contributed by atoms with Crippen LogP contribution >= 0.6 is 0 Å². The van der Waals surface area contributed by atoms with Crippen LogP contribution < -0.4 is 0 Å². The van der Waals surface area contributed by atoms with Crippen LogP contribution in [0.3, 0.4) is 0 Å². The highest BCUT2D eigenvalue weighted by Crippen LogP contribution is 2.11. The third-order valence-electron chi connectivity index (χ3n) is 1.42. The molecule has 0 fully saturated rings. The van der Waals surface area contributed by atoms with Crippen molar-refractivity contribution in [3.05, 3.63) is 60.6 Å². The van der Waals surface area contributed by atoms with E-state index in [1.54, 1.807) is 6.92 Å². The molecule has 0 radical (unpaired) electrons. The molecular formula is C15H26O2. The van der Waals surface area contributed by atoms with Gasteiger partial charge in [-0.1, -0.05) is 47.4 Å². The van der Waals surface area contributed by atoms with Gasteiger partial charge in [0.15, 0.2) is 0 Å². The zero-order valence-electron chi connectivity index (χ0n) is 11.7. The molecule has 0 amide bonds. The predicted molar refractivity (Wildman–Crippen MR) is 78.3 cm³/mol. The lowest BCUT2D eigenvalue weighted by Crippen LogP contribution is -1.83. The summed E-state index contributed by atoms with van der Waals surface area (Å²) in [7, 11) is 0. The lowest BCUT2D eigenvalue weighted by atomic mass is 10.1. The summed E-state index contributed by atoms with van der Waals surface area (Å²) in [6.07, 6.45) is 4.24. The molecule has 0 bridgehead atoms. The molecule has 0 spiro atoms. The molecule has 0 aromatic carbocycles. The monoisotopic (exact) mass is 238 g/mol. The van der Waals surface area contributed by atoms with Gasteiger partial charge in [-0.3, -0.25) is 0 Å². The Hall–Kier alpha value is -1.70. The Morgan fingerprint density at radius 1 is 0.941 bits per heavy atom. The van der Waals surface area contributed by atoms with Crippen molar-refractivity contribution in [1.82, 2.24) is 0 Å². The smallest absolute Gasteiger partial charge is 0.115 e. The zero-order chi connectivity index (χ0) is 14.4. The number of allylic oxidation sites excluding steroid dienone is 5. The van der Waals surface area contributed by atoms with Crippen molar-refractivity contribution in [2.24, 2.45) is 0 Å². The Labute approximate surface area is 106 Å². The van der Waals surface area contributed by atoms with E-state index in [0.717, 1.165) is 5.57 Å². The third kappa shape index (κ3) is 14.3. The van der Waals surface area contributed by atoms with Crippen LogP contribution in [0.5, 0.6) is 0 Å². The summed E-state index contributed by atoms with van der Waals surface area (Å²) in [5, 5.41) is 17.9. The molecule has 0 aromatic heterocycles. The predicted octanol–water partition coefficient (Wildman–Crippen LogP) is 5.24. The molecule has 0 rings (SSSR count). The van der Waals surface area contributed by atoms with Crippen LogP contribution in [-0.4, -0.2) is 10.2 Å². The Morgan fingerprint density at radius 2 is 1.35 bits per heavy atom. The maximum Gasteiger partial charge on any atom is 0.115 e. The average molecular weight is 238 g/mol. The summed E-state index contributed by atoms with van der Waals surface area (Å²) in [5.74, 6) is 0.00597. The highest BCUT2D eigenvalue weighted by atomic mass is 16.3. The van der Waals surface area contributed by atoms with Crippen LogP contribution in [0, 0.1) is 0 Å². The number of aliphatic hydroxyl groups excluding tert-OH is 2. The molecule has 2 nitrogen and oxygen atoms in total. The average Bonchev–Trinajstić information content (AvgIpc) is 2.33. The Bertz CT molecular complexity index is 294. The molecule has 0 aliphatic rings. The van der Waals surface area contributed by atoms with Gasteiger partial charge in [0, 0.05) is 0 Å². The van der Waals surface area contributed by atoms with Crippen molar-refractivity contribution in [3.63, 3.8) is 0 Å². The van der Waals surface area contributed by atoms with Crippen LogP contribution in [0.15, 0.2) is 60.6 Å². The number of aliphatic hydroxyl groups is 2. The maximum atomic E-state index is 9.08. The topological polar surface area (TPSA) is 40.5 Å². The van der Waals surface area contributed by atoms with Gasteiger partial charge in [-0.2, -0.15) is 0 Å². The first-order valence-corrected chi connectivity index (χ1v) is 5.76. The fourth-order valence-corrected chi connectivity index (χ4v) is 0.694. The van der Waals surface area contributed by atoms with Gasteiger partial charge in [-0.25, -0.2) is 0 Å². The Morgan fingerprint density at radius 3 is 1.65 bits per heavy atom. The van der Waals surface area contributed by atoms with Crippen LogP contribution in [-0.2, 0) is 0 Å². The molecule has 17 heavy (non-hydrogen) atoms. The van der Waals surface area contributed by atoms with Crippen LogP contribution in [0.25, 0.3) is 0 Å². The summed E-state index contributed by atoms with van der Waals surface area (Å²) in [4.78, 5) is 0. The fourth-order valence-electron chi connectivity index (χ4n) is 0.694. The normalized spacial score (nSPS) is 10.2. The van der Waals surface area contributed by atoms with Crippen molar-refractivity contribution >= 4 is 0 Å². The standard InChI is InChI=1S/C11H14O2.2C2H6/c1-5-11(13)7-9(3)8(2)6-10(4)12;2*1-2/h5-7,12-13H,1,3-4H2,2H3;2*1-2H3/b8-6-,11-7+;;. The van der Waals surface area contributed by atoms with E-state index in [1.807, 2.05) is 27.7 Å². The van der Waals surface area contributed by atoms with E-state index in [2.05, 4.69) is 19.7 Å². The number of hydrogen-bond acceptors (Lipinski definition) is 2. The molecule has 0 atom stereocenters. The van der Waals surface area contributed by atoms with Crippen LogP contribution in [0.1, 0.15) is 34.6 Å². The molecule has 0 heterocycles. The van der Waals surface area contributed by atoms with Crippen molar-refractivity contribution in [1.29, 1.82) is 0 Å².